The summed E-state index contributed by atoms with van der Waals surface area (Å²) in [7, 11) is 0. The molecule has 1 aromatic heterocycles. The molecule has 0 atom stereocenters. The van der Waals surface area contributed by atoms with Crippen LogP contribution in [0.25, 0.3) is 10.8 Å². The molecule has 4 rings (SSSR count). The van der Waals surface area contributed by atoms with E-state index in [1.165, 1.54) is 11.1 Å². The van der Waals surface area contributed by atoms with Crippen LogP contribution < -0.4 is 15.5 Å². The second kappa shape index (κ2) is 15.3. The van der Waals surface area contributed by atoms with Crippen LogP contribution in [0.4, 0.5) is 21.0 Å². The summed E-state index contributed by atoms with van der Waals surface area (Å²) in [5.41, 5.74) is 1.74. The number of amides is 3. The molecule has 10 nitrogen and oxygen atoms in total. The van der Waals surface area contributed by atoms with Gasteiger partial charge in [-0.25, -0.2) is 9.59 Å². The van der Waals surface area contributed by atoms with Gasteiger partial charge in [-0.2, -0.15) is 0 Å². The van der Waals surface area contributed by atoms with Crippen molar-refractivity contribution >= 4 is 56.2 Å². The van der Waals surface area contributed by atoms with Gasteiger partial charge in [-0.1, -0.05) is 54.6 Å². The Kier molecular flexibility index (Phi) is 11.0. The Morgan fingerprint density at radius 1 is 0.805 bits per heavy atom. The Morgan fingerprint density at radius 2 is 1.56 bits per heavy atom. The number of pyridine rings is 1. The lowest BCUT2D eigenvalue weighted by Gasteiger charge is -2.23. The lowest BCUT2D eigenvalue weighted by molar-refractivity contribution is 0.0779. The van der Waals surface area contributed by atoms with E-state index in [1.54, 1.807) is 24.4 Å². The molecule has 1 heterocycles. The average molecular weight is 621 g/mol. The Hall–Kier alpha value is -4.48. The van der Waals surface area contributed by atoms with Gasteiger partial charge in [0.15, 0.2) is 0 Å². The van der Waals surface area contributed by atoms with Gasteiger partial charge in [-0.3, -0.25) is 15.1 Å². The van der Waals surface area contributed by atoms with E-state index in [2.05, 4.69) is 31.5 Å². The molecule has 0 spiro atoms. The molecule has 0 unspecified atom stereocenters. The van der Waals surface area contributed by atoms with Crippen molar-refractivity contribution in [3.8, 4) is 0 Å². The Bertz CT molecular complexity index is 1460. The highest BCUT2D eigenvalue weighted by Gasteiger charge is 2.19. The van der Waals surface area contributed by atoms with Crippen molar-refractivity contribution in [3.05, 3.63) is 101 Å². The number of nitrogens with one attached hydrogen (secondary N) is 2. The highest BCUT2D eigenvalue weighted by Crippen LogP contribution is 2.23. The number of alkyl carbamates (subject to hydrolysis) is 1. The van der Waals surface area contributed by atoms with E-state index in [0.717, 1.165) is 10.8 Å². The minimum absolute atomic E-state index is 0.0194. The number of nitrogens with zero attached hydrogens (tertiary/aromatic N) is 2. The molecule has 3 aromatic carbocycles. The second-order valence-corrected chi connectivity index (χ2v) is 9.56. The maximum absolute atomic E-state index is 13.1. The first-order chi connectivity index (χ1) is 20.0. The van der Waals surface area contributed by atoms with Crippen molar-refractivity contribution in [3.63, 3.8) is 0 Å². The van der Waals surface area contributed by atoms with E-state index in [9.17, 15) is 14.4 Å². The quantitative estimate of drug-likeness (QED) is 0.197. The summed E-state index contributed by atoms with van der Waals surface area (Å²) in [5, 5.41) is 7.26. The van der Waals surface area contributed by atoms with Crippen LogP contribution in [0.1, 0.15) is 10.4 Å². The van der Waals surface area contributed by atoms with Crippen LogP contribution in [0.15, 0.2) is 95.7 Å². The molecule has 2 N–H and O–H groups in total. The first kappa shape index (κ1) is 29.5. The molecule has 0 radical (unpaired) electrons. The van der Waals surface area contributed by atoms with Crippen molar-refractivity contribution in [2.75, 3.05) is 49.7 Å². The fourth-order valence-corrected chi connectivity index (χ4v) is 4.29. The minimum Gasteiger partial charge on any atom is -0.448 e. The summed E-state index contributed by atoms with van der Waals surface area (Å²) < 4.78 is 16.5. The smallest absolute Gasteiger partial charge is 0.411 e. The lowest BCUT2D eigenvalue weighted by atomic mass is 10.1. The predicted octanol–water partition coefficient (Wildman–Crippen LogP) is 5.64. The molecule has 4 aromatic rings. The Labute approximate surface area is 245 Å². The summed E-state index contributed by atoms with van der Waals surface area (Å²) in [6.45, 7) is 0.752. The van der Waals surface area contributed by atoms with Crippen molar-refractivity contribution in [2.45, 2.75) is 0 Å². The van der Waals surface area contributed by atoms with Crippen molar-refractivity contribution in [1.82, 2.24) is 10.3 Å². The number of hydrogen-bond donors (Lipinski definition) is 2. The van der Waals surface area contributed by atoms with Gasteiger partial charge in [-0.15, -0.1) is 0 Å². The lowest BCUT2D eigenvalue weighted by Crippen LogP contribution is -2.36. The van der Waals surface area contributed by atoms with Gasteiger partial charge in [0.2, 0.25) is 0 Å². The predicted molar refractivity (Wildman–Crippen MR) is 159 cm³/mol. The van der Waals surface area contributed by atoms with Crippen LogP contribution in [0.2, 0.25) is 0 Å². The third-order valence-electron chi connectivity index (χ3n) is 5.82. The summed E-state index contributed by atoms with van der Waals surface area (Å²) in [5.74, 6) is -0.268. The van der Waals surface area contributed by atoms with Gasteiger partial charge >= 0.3 is 12.2 Å². The summed E-state index contributed by atoms with van der Waals surface area (Å²) >= 11 is 3.33. The molecule has 0 aliphatic rings. The molecule has 0 aliphatic carbocycles. The molecule has 41 heavy (non-hydrogen) atoms. The molecular formula is C30H29BrN4O6. The van der Waals surface area contributed by atoms with E-state index in [4.69, 9.17) is 14.2 Å². The number of benzene rings is 3. The minimum atomic E-state index is -0.635. The molecule has 0 saturated heterocycles. The molecule has 0 saturated carbocycles. The molecule has 212 valence electrons. The van der Waals surface area contributed by atoms with E-state index < -0.39 is 12.2 Å². The zero-order valence-electron chi connectivity index (χ0n) is 22.1. The summed E-state index contributed by atoms with van der Waals surface area (Å²) in [4.78, 5) is 42.9. The topological polar surface area (TPSA) is 119 Å². The number of hydrogen-bond acceptors (Lipinski definition) is 7. The van der Waals surface area contributed by atoms with Crippen LogP contribution in [0.3, 0.4) is 0 Å². The van der Waals surface area contributed by atoms with Crippen molar-refractivity contribution in [2.24, 2.45) is 0 Å². The molecule has 11 heteroatoms. The number of rotatable bonds is 12. The second-order valence-electron chi connectivity index (χ2n) is 8.65. The molecule has 0 bridgehead atoms. The normalized spacial score (nSPS) is 10.6. The van der Waals surface area contributed by atoms with Crippen LogP contribution in [-0.4, -0.2) is 62.6 Å². The molecule has 3 amide bonds. The van der Waals surface area contributed by atoms with Crippen LogP contribution >= 0.6 is 15.9 Å². The Morgan fingerprint density at radius 3 is 2.39 bits per heavy atom. The van der Waals surface area contributed by atoms with Gasteiger partial charge in [0.1, 0.15) is 13.2 Å². The standard InChI is InChI=1S/C30H29BrN4O6/c31-24-19-23(20-32-21-24)28(36)35(25-9-2-1-3-10-25)14-16-40-29(37)33-13-15-39-17-18-41-30(38)34-27-12-6-8-22-7-4-5-11-26(22)27/h1-12,19-21H,13-18H2,(H,33,37)(H,34,38). The SMILES string of the molecule is O=C(NCCOCCOC(=O)Nc1cccc2ccccc12)OCCN(C(=O)c1cncc(Br)c1)c1ccccc1. The van der Waals surface area contributed by atoms with Crippen molar-refractivity contribution in [1.29, 1.82) is 0 Å². The van der Waals surface area contributed by atoms with Crippen LogP contribution in [0.5, 0.6) is 0 Å². The number of aromatic nitrogens is 1. The molecule has 0 fully saturated rings. The first-order valence-electron chi connectivity index (χ1n) is 12.9. The van der Waals surface area contributed by atoms with Gasteiger partial charge in [0, 0.05) is 34.5 Å². The molecule has 0 aliphatic heterocycles. The first-order valence-corrected chi connectivity index (χ1v) is 13.7. The number of carbonyl (C=O) groups is 3. The Balaban J connectivity index is 1.11. The summed E-state index contributed by atoms with van der Waals surface area (Å²) in [6, 6.07) is 24.1. The summed E-state index contributed by atoms with van der Waals surface area (Å²) in [6.07, 6.45) is 1.87. The third kappa shape index (κ3) is 9.02. The van der Waals surface area contributed by atoms with E-state index in [1.807, 2.05) is 60.7 Å². The van der Waals surface area contributed by atoms with E-state index >= 15 is 0 Å². The van der Waals surface area contributed by atoms with Gasteiger partial charge in [0.25, 0.3) is 5.91 Å². The highest BCUT2D eigenvalue weighted by molar-refractivity contribution is 9.10. The average Bonchev–Trinajstić information content (AvgIpc) is 2.99. The number of anilines is 2. The van der Waals surface area contributed by atoms with Gasteiger partial charge < -0.3 is 24.4 Å². The fourth-order valence-electron chi connectivity index (χ4n) is 3.92. The zero-order valence-corrected chi connectivity index (χ0v) is 23.7. The maximum atomic E-state index is 13.1. The van der Waals surface area contributed by atoms with E-state index in [-0.39, 0.29) is 45.4 Å². The van der Waals surface area contributed by atoms with Gasteiger partial charge in [-0.05, 0) is 45.6 Å². The van der Waals surface area contributed by atoms with Crippen molar-refractivity contribution < 1.29 is 28.6 Å². The number of halogens is 1. The van der Waals surface area contributed by atoms with Crippen LogP contribution in [0, 0.1) is 0 Å². The molecular weight excluding hydrogens is 592 g/mol. The number of fused-ring (bicyclic) bond motifs is 1. The number of para-hydroxylation sites is 1. The maximum Gasteiger partial charge on any atom is 0.411 e. The third-order valence-corrected chi connectivity index (χ3v) is 6.25. The number of ether oxygens (including phenoxy) is 3. The largest absolute Gasteiger partial charge is 0.448 e. The van der Waals surface area contributed by atoms with Crippen LogP contribution in [-0.2, 0) is 14.2 Å². The van der Waals surface area contributed by atoms with Gasteiger partial charge in [0.05, 0.1) is 31.0 Å². The van der Waals surface area contributed by atoms with E-state index in [0.29, 0.717) is 21.4 Å². The highest BCUT2D eigenvalue weighted by atomic mass is 79.9. The number of carbonyl (C=O) groups excluding carboxylic acids is 3. The fraction of sp³-hybridized carbons (Fsp3) is 0.200. The monoisotopic (exact) mass is 620 g/mol. The zero-order chi connectivity index (χ0) is 28.9.